The van der Waals surface area contributed by atoms with Gasteiger partial charge < -0.3 is 9.84 Å². The molecular weight excluding hydrogens is 284 g/mol. The summed E-state index contributed by atoms with van der Waals surface area (Å²) in [7, 11) is 0. The number of hydrogen-bond donors (Lipinski definition) is 1. The topological polar surface area (TPSA) is 45.6 Å². The molecule has 0 aliphatic carbocycles. The van der Waals surface area contributed by atoms with Gasteiger partial charge in [-0.2, -0.15) is 0 Å². The van der Waals surface area contributed by atoms with E-state index < -0.39 is 0 Å². The van der Waals surface area contributed by atoms with Crippen LogP contribution in [-0.2, 0) is 17.0 Å². The van der Waals surface area contributed by atoms with Gasteiger partial charge in [-0.1, -0.05) is 0 Å². The Bertz CT molecular complexity index is 375. The summed E-state index contributed by atoms with van der Waals surface area (Å²) in [6.07, 6.45) is 3.35. The molecule has 0 amide bonds. The lowest BCUT2D eigenvalue weighted by Gasteiger charge is -2.31. The van der Waals surface area contributed by atoms with E-state index in [-0.39, 0.29) is 12.7 Å². The molecular formula is C13H21ClN2O2S. The highest BCUT2D eigenvalue weighted by molar-refractivity contribution is 7.09. The fraction of sp³-hybridized carbons (Fsp3) is 0.769. The van der Waals surface area contributed by atoms with Gasteiger partial charge in [0.1, 0.15) is 0 Å². The van der Waals surface area contributed by atoms with Crippen LogP contribution in [0.1, 0.15) is 23.5 Å². The number of aliphatic hydroxyl groups excluding tert-OH is 1. The third-order valence-electron chi connectivity index (χ3n) is 3.28. The van der Waals surface area contributed by atoms with E-state index in [9.17, 15) is 0 Å². The second kappa shape index (κ2) is 8.17. The second-order valence-corrected chi connectivity index (χ2v) is 6.01. The number of alkyl halides is 1. The number of rotatable bonds is 7. The third kappa shape index (κ3) is 5.00. The van der Waals surface area contributed by atoms with Crippen LogP contribution in [0.5, 0.6) is 0 Å². The van der Waals surface area contributed by atoms with Crippen molar-refractivity contribution in [3.8, 4) is 0 Å². The molecule has 0 aromatic carbocycles. The molecule has 1 aliphatic heterocycles. The van der Waals surface area contributed by atoms with Crippen LogP contribution in [0.2, 0.25) is 0 Å². The minimum Gasteiger partial charge on any atom is -0.394 e. The number of ether oxygens (including phenoxy) is 1. The summed E-state index contributed by atoms with van der Waals surface area (Å²) in [4.78, 5) is 6.83. The molecule has 1 aliphatic rings. The van der Waals surface area contributed by atoms with E-state index in [2.05, 4.69) is 9.88 Å². The van der Waals surface area contributed by atoms with Gasteiger partial charge in [-0.3, -0.25) is 4.90 Å². The van der Waals surface area contributed by atoms with E-state index in [0.29, 0.717) is 5.88 Å². The molecule has 0 saturated carbocycles. The fourth-order valence-corrected chi connectivity index (χ4v) is 3.30. The van der Waals surface area contributed by atoms with Crippen molar-refractivity contribution >= 4 is 22.9 Å². The maximum Gasteiger partial charge on any atom is 0.0932 e. The van der Waals surface area contributed by atoms with Crippen LogP contribution in [0, 0.1) is 0 Å². The van der Waals surface area contributed by atoms with E-state index in [0.717, 1.165) is 51.2 Å². The first kappa shape index (κ1) is 15.2. The maximum atomic E-state index is 9.09. The second-order valence-electron chi connectivity index (χ2n) is 4.80. The SMILES string of the molecule is OCC1CN(CCCCc2nc(CCl)cs2)CCO1. The molecule has 1 aromatic heterocycles. The highest BCUT2D eigenvalue weighted by Crippen LogP contribution is 2.14. The third-order valence-corrected chi connectivity index (χ3v) is 4.51. The van der Waals surface area contributed by atoms with Gasteiger partial charge in [0.2, 0.25) is 0 Å². The van der Waals surface area contributed by atoms with Crippen LogP contribution in [0.3, 0.4) is 0 Å². The maximum absolute atomic E-state index is 9.09. The Hall–Kier alpha value is -0.200. The number of nitrogens with zero attached hydrogens (tertiary/aromatic N) is 2. The van der Waals surface area contributed by atoms with Crippen molar-refractivity contribution in [1.29, 1.82) is 0 Å². The molecule has 1 aromatic rings. The highest BCUT2D eigenvalue weighted by Gasteiger charge is 2.18. The molecule has 1 atom stereocenters. The molecule has 1 saturated heterocycles. The Morgan fingerprint density at radius 3 is 3.16 bits per heavy atom. The minimum absolute atomic E-state index is 0.000934. The van der Waals surface area contributed by atoms with Gasteiger partial charge in [0.15, 0.2) is 0 Å². The van der Waals surface area contributed by atoms with Gasteiger partial charge in [-0.25, -0.2) is 4.98 Å². The van der Waals surface area contributed by atoms with Crippen molar-refractivity contribution in [2.24, 2.45) is 0 Å². The lowest BCUT2D eigenvalue weighted by Crippen LogP contribution is -2.44. The van der Waals surface area contributed by atoms with Crippen molar-refractivity contribution in [2.45, 2.75) is 31.2 Å². The number of aliphatic hydroxyl groups is 1. The Balaban J connectivity index is 1.61. The lowest BCUT2D eigenvalue weighted by molar-refractivity contribution is -0.0529. The normalized spacial score (nSPS) is 20.8. The van der Waals surface area contributed by atoms with Crippen molar-refractivity contribution < 1.29 is 9.84 Å². The smallest absolute Gasteiger partial charge is 0.0932 e. The summed E-state index contributed by atoms with van der Waals surface area (Å²) in [5.41, 5.74) is 0.987. The van der Waals surface area contributed by atoms with E-state index in [1.165, 1.54) is 5.01 Å². The van der Waals surface area contributed by atoms with Crippen molar-refractivity contribution in [1.82, 2.24) is 9.88 Å². The fourth-order valence-electron chi connectivity index (χ4n) is 2.23. The summed E-state index contributed by atoms with van der Waals surface area (Å²) < 4.78 is 5.44. The number of hydrogen-bond acceptors (Lipinski definition) is 5. The predicted molar refractivity (Wildman–Crippen MR) is 77.9 cm³/mol. The minimum atomic E-state index is -0.000934. The number of halogens is 1. The molecule has 1 N–H and O–H groups in total. The zero-order valence-electron chi connectivity index (χ0n) is 11.1. The number of unbranched alkanes of at least 4 members (excludes halogenated alkanes) is 1. The van der Waals surface area contributed by atoms with Crippen LogP contribution in [0.4, 0.5) is 0 Å². The molecule has 4 nitrogen and oxygen atoms in total. The molecule has 0 bridgehead atoms. The van der Waals surface area contributed by atoms with Crippen LogP contribution in [0.25, 0.3) is 0 Å². The molecule has 1 fully saturated rings. The van der Waals surface area contributed by atoms with E-state index >= 15 is 0 Å². The van der Waals surface area contributed by atoms with Gasteiger partial charge in [0.25, 0.3) is 0 Å². The number of aromatic nitrogens is 1. The van der Waals surface area contributed by atoms with Gasteiger partial charge in [-0.05, 0) is 25.8 Å². The van der Waals surface area contributed by atoms with Gasteiger partial charge in [0.05, 0.1) is 35.9 Å². The number of thiazole rings is 1. The first-order valence-electron chi connectivity index (χ1n) is 6.76. The van der Waals surface area contributed by atoms with Gasteiger partial charge in [0, 0.05) is 18.5 Å². The molecule has 6 heteroatoms. The summed E-state index contributed by atoms with van der Waals surface area (Å²) in [6, 6.07) is 0. The van der Waals surface area contributed by atoms with Crippen molar-refractivity contribution in [2.75, 3.05) is 32.8 Å². The van der Waals surface area contributed by atoms with Crippen LogP contribution < -0.4 is 0 Å². The first-order valence-corrected chi connectivity index (χ1v) is 8.17. The van der Waals surface area contributed by atoms with E-state index in [1.54, 1.807) is 11.3 Å². The first-order chi connectivity index (χ1) is 9.31. The Labute approximate surface area is 123 Å². The Kier molecular flexibility index (Phi) is 6.53. The standard InChI is InChI=1S/C13H21ClN2O2S/c14-7-11-10-19-13(15-11)3-1-2-4-16-5-6-18-12(8-16)9-17/h10,12,17H,1-9H2. The van der Waals surface area contributed by atoms with Crippen LogP contribution in [0.15, 0.2) is 5.38 Å². The Morgan fingerprint density at radius 1 is 1.53 bits per heavy atom. The van der Waals surface area contributed by atoms with Crippen molar-refractivity contribution in [3.05, 3.63) is 16.1 Å². The van der Waals surface area contributed by atoms with E-state index in [4.69, 9.17) is 21.4 Å². The molecule has 0 radical (unpaired) electrons. The van der Waals surface area contributed by atoms with Gasteiger partial charge >= 0.3 is 0 Å². The summed E-state index contributed by atoms with van der Waals surface area (Å²) >= 11 is 7.44. The molecule has 1 unspecified atom stereocenters. The predicted octanol–water partition coefficient (Wildman–Crippen LogP) is 1.90. The van der Waals surface area contributed by atoms with Crippen LogP contribution >= 0.6 is 22.9 Å². The zero-order chi connectivity index (χ0) is 13.5. The van der Waals surface area contributed by atoms with Gasteiger partial charge in [-0.15, -0.1) is 22.9 Å². The Morgan fingerprint density at radius 2 is 2.42 bits per heavy atom. The number of aryl methyl sites for hydroxylation is 1. The average molecular weight is 305 g/mol. The van der Waals surface area contributed by atoms with E-state index in [1.807, 2.05) is 5.38 Å². The zero-order valence-corrected chi connectivity index (χ0v) is 12.6. The van der Waals surface area contributed by atoms with Crippen molar-refractivity contribution in [3.63, 3.8) is 0 Å². The van der Waals surface area contributed by atoms with Crippen LogP contribution in [-0.4, -0.2) is 53.9 Å². The highest BCUT2D eigenvalue weighted by atomic mass is 35.5. The number of morpholine rings is 1. The molecule has 108 valence electrons. The average Bonchev–Trinajstić information content (AvgIpc) is 2.92. The molecule has 19 heavy (non-hydrogen) atoms. The summed E-state index contributed by atoms with van der Waals surface area (Å²) in [6.45, 7) is 3.76. The summed E-state index contributed by atoms with van der Waals surface area (Å²) in [5.74, 6) is 0.507. The lowest BCUT2D eigenvalue weighted by atomic mass is 10.2. The monoisotopic (exact) mass is 304 g/mol. The molecule has 2 rings (SSSR count). The molecule has 2 heterocycles. The summed E-state index contributed by atoms with van der Waals surface area (Å²) in [5, 5.41) is 12.3. The largest absolute Gasteiger partial charge is 0.394 e. The quantitative estimate of drug-likeness (QED) is 0.617. The molecule has 0 spiro atoms.